The number of nitrogens with zero attached hydrogens (tertiary/aromatic N) is 1. The van der Waals surface area contributed by atoms with Crippen molar-refractivity contribution < 1.29 is 32.6 Å². The second-order valence-electron chi connectivity index (χ2n) is 4.21. The second kappa shape index (κ2) is 5.60. The molecular formula is C12H13NO7S. The van der Waals surface area contributed by atoms with Crippen molar-refractivity contribution in [2.75, 3.05) is 30.3 Å². The lowest BCUT2D eigenvalue weighted by atomic mass is 10.1. The Morgan fingerprint density at radius 3 is 2.76 bits per heavy atom. The van der Waals surface area contributed by atoms with Crippen LogP contribution in [0.1, 0.15) is 10.4 Å². The van der Waals surface area contributed by atoms with Crippen LogP contribution in [0.4, 0.5) is 5.69 Å². The Bertz CT molecular complexity index is 683. The van der Waals surface area contributed by atoms with Gasteiger partial charge in [0.05, 0.1) is 19.3 Å². The molecule has 0 bridgehead atoms. The van der Waals surface area contributed by atoms with Crippen LogP contribution >= 0.6 is 0 Å². The van der Waals surface area contributed by atoms with E-state index in [9.17, 15) is 18.0 Å². The van der Waals surface area contributed by atoms with Gasteiger partial charge in [0.15, 0.2) is 11.5 Å². The van der Waals surface area contributed by atoms with Crippen LogP contribution in [0.3, 0.4) is 0 Å². The minimum Gasteiger partial charge on any atom is -0.489 e. The minimum absolute atomic E-state index is 0.00229. The molecular weight excluding hydrogens is 302 g/mol. The molecule has 1 heterocycles. The highest BCUT2D eigenvalue weighted by atomic mass is 32.2. The fraction of sp³-hybridized carbons (Fsp3) is 0.333. The summed E-state index contributed by atoms with van der Waals surface area (Å²) in [6, 6.07) is 4.16. The molecule has 0 spiro atoms. The van der Waals surface area contributed by atoms with Gasteiger partial charge in [-0.25, -0.2) is 13.2 Å². The molecule has 0 fully saturated rings. The Balaban J connectivity index is 2.46. The van der Waals surface area contributed by atoms with E-state index in [-0.39, 0.29) is 30.2 Å². The second-order valence-corrected chi connectivity index (χ2v) is 6.11. The Kier molecular flexibility index (Phi) is 4.03. The van der Waals surface area contributed by atoms with E-state index in [2.05, 4.69) is 4.74 Å². The average molecular weight is 315 g/mol. The molecule has 21 heavy (non-hydrogen) atoms. The van der Waals surface area contributed by atoms with E-state index in [0.29, 0.717) is 0 Å². The van der Waals surface area contributed by atoms with Crippen LogP contribution in [-0.2, 0) is 19.6 Å². The maximum atomic E-state index is 12.2. The van der Waals surface area contributed by atoms with Crippen molar-refractivity contribution in [3.05, 3.63) is 23.8 Å². The Morgan fingerprint density at radius 1 is 1.43 bits per heavy atom. The molecule has 0 aromatic heterocycles. The molecule has 0 aliphatic carbocycles. The summed E-state index contributed by atoms with van der Waals surface area (Å²) in [5, 5.41) is 9.09. The van der Waals surface area contributed by atoms with Gasteiger partial charge in [-0.15, -0.1) is 0 Å². The first-order chi connectivity index (χ1) is 9.86. The zero-order valence-electron chi connectivity index (χ0n) is 11.1. The summed E-state index contributed by atoms with van der Waals surface area (Å²) in [7, 11) is -2.87. The van der Waals surface area contributed by atoms with Crippen LogP contribution in [-0.4, -0.2) is 51.5 Å². The van der Waals surface area contributed by atoms with E-state index in [1.165, 1.54) is 18.2 Å². The SMILES string of the molecule is COC(=O)CS(=O)(=O)N1CCOc2c(C(=O)O)cccc21. The summed E-state index contributed by atoms with van der Waals surface area (Å²) in [5.74, 6) is -2.96. The molecule has 9 heteroatoms. The van der Waals surface area contributed by atoms with E-state index in [4.69, 9.17) is 9.84 Å². The number of ether oxygens (including phenoxy) is 2. The maximum absolute atomic E-state index is 12.2. The first kappa shape index (κ1) is 15.1. The predicted octanol–water partition coefficient (Wildman–Crippen LogP) is 0.0864. The first-order valence-electron chi connectivity index (χ1n) is 5.93. The summed E-state index contributed by atoms with van der Waals surface area (Å²) in [6.07, 6.45) is 0. The molecule has 2 rings (SSSR count). The molecule has 0 amide bonds. The molecule has 8 nitrogen and oxygen atoms in total. The Hall–Kier alpha value is -2.29. The summed E-state index contributed by atoms with van der Waals surface area (Å²) in [5.41, 5.74) is -0.0319. The van der Waals surface area contributed by atoms with Crippen molar-refractivity contribution >= 4 is 27.6 Å². The molecule has 0 saturated heterocycles. The third-order valence-electron chi connectivity index (χ3n) is 2.90. The van der Waals surface area contributed by atoms with Crippen LogP contribution in [0.2, 0.25) is 0 Å². The van der Waals surface area contributed by atoms with Gasteiger partial charge in [-0.3, -0.25) is 9.10 Å². The number of para-hydroxylation sites is 1. The van der Waals surface area contributed by atoms with Gasteiger partial charge < -0.3 is 14.6 Å². The first-order valence-corrected chi connectivity index (χ1v) is 7.54. The lowest BCUT2D eigenvalue weighted by Crippen LogP contribution is -2.41. The molecule has 1 aliphatic heterocycles. The zero-order chi connectivity index (χ0) is 15.6. The fourth-order valence-electron chi connectivity index (χ4n) is 1.97. The molecule has 1 aromatic rings. The number of anilines is 1. The Labute approximate surface area is 120 Å². The molecule has 114 valence electrons. The summed E-state index contributed by atoms with van der Waals surface area (Å²) >= 11 is 0. The fourth-order valence-corrected chi connectivity index (χ4v) is 3.33. The van der Waals surface area contributed by atoms with E-state index < -0.39 is 27.7 Å². The van der Waals surface area contributed by atoms with E-state index in [1.807, 2.05) is 0 Å². The van der Waals surface area contributed by atoms with Crippen LogP contribution in [0.25, 0.3) is 0 Å². The number of hydrogen-bond donors (Lipinski definition) is 1. The summed E-state index contributed by atoms with van der Waals surface area (Å²) < 4.78 is 35.0. The molecule has 1 aromatic carbocycles. The molecule has 1 aliphatic rings. The molecule has 0 atom stereocenters. The predicted molar refractivity (Wildman–Crippen MR) is 72.0 cm³/mol. The van der Waals surface area contributed by atoms with Crippen molar-refractivity contribution in [1.29, 1.82) is 0 Å². The molecule has 1 N–H and O–H groups in total. The average Bonchev–Trinajstić information content (AvgIpc) is 2.45. The maximum Gasteiger partial charge on any atom is 0.339 e. The van der Waals surface area contributed by atoms with Gasteiger partial charge in [0.1, 0.15) is 12.2 Å². The van der Waals surface area contributed by atoms with Crippen LogP contribution < -0.4 is 9.04 Å². The van der Waals surface area contributed by atoms with Gasteiger partial charge in [0.2, 0.25) is 10.0 Å². The monoisotopic (exact) mass is 315 g/mol. The van der Waals surface area contributed by atoms with E-state index >= 15 is 0 Å². The smallest absolute Gasteiger partial charge is 0.339 e. The molecule has 0 saturated carbocycles. The number of carbonyl (C=O) groups is 2. The van der Waals surface area contributed by atoms with Crippen LogP contribution in [0, 0.1) is 0 Å². The zero-order valence-corrected chi connectivity index (χ0v) is 11.9. The standard InChI is InChI=1S/C12H13NO7S/c1-19-10(14)7-21(17,18)13-5-6-20-11-8(12(15)16)3-2-4-9(11)13/h2-4H,5-7H2,1H3,(H,15,16). The van der Waals surface area contributed by atoms with Crippen molar-refractivity contribution in [2.45, 2.75) is 0 Å². The summed E-state index contributed by atoms with van der Waals surface area (Å²) in [6.45, 7) is -0.00685. The van der Waals surface area contributed by atoms with Crippen molar-refractivity contribution in [2.24, 2.45) is 0 Å². The number of rotatable bonds is 4. The quantitative estimate of drug-likeness (QED) is 0.784. The van der Waals surface area contributed by atoms with Gasteiger partial charge in [-0.1, -0.05) is 6.07 Å². The van der Waals surface area contributed by atoms with Gasteiger partial charge in [0, 0.05) is 0 Å². The van der Waals surface area contributed by atoms with Crippen LogP contribution in [0.5, 0.6) is 5.75 Å². The summed E-state index contributed by atoms with van der Waals surface area (Å²) in [4.78, 5) is 22.3. The largest absolute Gasteiger partial charge is 0.489 e. The Morgan fingerprint density at radius 2 is 2.14 bits per heavy atom. The van der Waals surface area contributed by atoms with E-state index in [0.717, 1.165) is 11.4 Å². The highest BCUT2D eigenvalue weighted by molar-refractivity contribution is 7.93. The van der Waals surface area contributed by atoms with Crippen molar-refractivity contribution in [3.8, 4) is 5.75 Å². The number of hydrogen-bond acceptors (Lipinski definition) is 6. The third-order valence-corrected chi connectivity index (χ3v) is 4.55. The van der Waals surface area contributed by atoms with E-state index in [1.54, 1.807) is 0 Å². The number of sulfonamides is 1. The molecule has 0 radical (unpaired) electrons. The van der Waals surface area contributed by atoms with Gasteiger partial charge in [-0.05, 0) is 12.1 Å². The highest BCUT2D eigenvalue weighted by Gasteiger charge is 2.32. The number of fused-ring (bicyclic) bond motifs is 1. The van der Waals surface area contributed by atoms with Crippen molar-refractivity contribution in [1.82, 2.24) is 0 Å². The number of aromatic carboxylic acids is 1. The normalized spacial score (nSPS) is 14.0. The number of carboxylic acids is 1. The number of esters is 1. The van der Waals surface area contributed by atoms with Gasteiger partial charge >= 0.3 is 11.9 Å². The van der Waals surface area contributed by atoms with Gasteiger partial charge in [0.25, 0.3) is 0 Å². The molecule has 0 unspecified atom stereocenters. The van der Waals surface area contributed by atoms with Crippen molar-refractivity contribution in [3.63, 3.8) is 0 Å². The minimum atomic E-state index is -3.96. The lowest BCUT2D eigenvalue weighted by molar-refractivity contribution is -0.137. The number of carbonyl (C=O) groups excluding carboxylic acids is 1. The van der Waals surface area contributed by atoms with Gasteiger partial charge in [-0.2, -0.15) is 0 Å². The van der Waals surface area contributed by atoms with Crippen LogP contribution in [0.15, 0.2) is 18.2 Å². The third kappa shape index (κ3) is 2.92. The number of benzene rings is 1. The topological polar surface area (TPSA) is 110 Å². The number of methoxy groups -OCH3 is 1. The number of carboxylic acid groups (broad SMARTS) is 1. The lowest BCUT2D eigenvalue weighted by Gasteiger charge is -2.30. The highest BCUT2D eigenvalue weighted by Crippen LogP contribution is 2.36.